The third-order valence-corrected chi connectivity index (χ3v) is 4.27. The molecule has 0 radical (unpaired) electrons. The first-order valence-corrected chi connectivity index (χ1v) is 6.71. The zero-order valence-corrected chi connectivity index (χ0v) is 11.7. The van der Waals surface area contributed by atoms with E-state index in [0.717, 1.165) is 5.56 Å². The van der Waals surface area contributed by atoms with E-state index in [-0.39, 0.29) is 24.3 Å². The number of nitrogens with zero attached hydrogens (tertiary/aromatic N) is 1. The number of aliphatic carboxylic acids is 1. The maximum absolute atomic E-state index is 13.3. The van der Waals surface area contributed by atoms with Crippen molar-refractivity contribution in [2.45, 2.75) is 25.3 Å². The average molecular weight is 281 g/mol. The summed E-state index contributed by atoms with van der Waals surface area (Å²) in [6.45, 7) is 4.27. The Labute approximate surface area is 117 Å². The van der Waals surface area contributed by atoms with Crippen molar-refractivity contribution in [1.82, 2.24) is 4.90 Å². The summed E-state index contributed by atoms with van der Waals surface area (Å²) >= 11 is 0. The highest BCUT2D eigenvalue weighted by Gasteiger charge is 2.43. The molecule has 1 aliphatic rings. The lowest BCUT2D eigenvalue weighted by atomic mass is 9.89. The molecule has 2 N–H and O–H groups in total. The summed E-state index contributed by atoms with van der Waals surface area (Å²) in [5.74, 6) is -1.33. The average Bonchev–Trinajstić information content (AvgIpc) is 2.83. The van der Waals surface area contributed by atoms with Crippen LogP contribution in [0.5, 0.6) is 0 Å². The van der Waals surface area contributed by atoms with Crippen LogP contribution in [0.15, 0.2) is 24.3 Å². The Bertz CT molecular complexity index is 504. The zero-order valence-electron chi connectivity index (χ0n) is 11.7. The van der Waals surface area contributed by atoms with Crippen molar-refractivity contribution in [3.05, 3.63) is 35.6 Å². The summed E-state index contributed by atoms with van der Waals surface area (Å²) < 4.78 is 13.3. The molecule has 1 aromatic rings. The maximum atomic E-state index is 13.3. The van der Waals surface area contributed by atoms with Gasteiger partial charge in [0.2, 0.25) is 0 Å². The molecule has 0 spiro atoms. The summed E-state index contributed by atoms with van der Waals surface area (Å²) in [5.41, 5.74) is -0.178. The first-order chi connectivity index (χ1) is 9.36. The Morgan fingerprint density at radius 2 is 2.15 bits per heavy atom. The van der Waals surface area contributed by atoms with Crippen LogP contribution in [0.25, 0.3) is 0 Å². The number of carboxylic acids is 1. The number of aliphatic hydroxyl groups excluding tert-OH is 1. The Morgan fingerprint density at radius 1 is 1.45 bits per heavy atom. The molecule has 4 nitrogen and oxygen atoms in total. The molecule has 0 aliphatic carbocycles. The van der Waals surface area contributed by atoms with Crippen molar-refractivity contribution in [3.8, 4) is 0 Å². The minimum atomic E-state index is -0.991. The van der Waals surface area contributed by atoms with E-state index in [2.05, 4.69) is 0 Å². The highest BCUT2D eigenvalue weighted by atomic mass is 19.1. The molecule has 0 bridgehead atoms. The van der Waals surface area contributed by atoms with E-state index >= 15 is 0 Å². The van der Waals surface area contributed by atoms with Crippen LogP contribution in [0.3, 0.4) is 0 Å². The SMILES string of the molecule is CC(C)(C(=O)O)N1CC(CO)C(c2cccc(F)c2)C1. The van der Waals surface area contributed by atoms with Gasteiger partial charge in [-0.15, -0.1) is 0 Å². The standard InChI is InChI=1S/C15H20FNO3/c1-15(2,14(19)20)17-7-11(9-18)13(8-17)10-4-3-5-12(16)6-10/h3-6,11,13,18H,7-9H2,1-2H3,(H,19,20). The van der Waals surface area contributed by atoms with Crippen LogP contribution in [-0.2, 0) is 4.79 Å². The summed E-state index contributed by atoms with van der Waals surface area (Å²) in [5, 5.41) is 18.8. The number of aliphatic hydroxyl groups is 1. The molecular weight excluding hydrogens is 261 g/mol. The summed E-state index contributed by atoms with van der Waals surface area (Å²) in [6.07, 6.45) is 0. The number of carboxylic acid groups (broad SMARTS) is 1. The largest absolute Gasteiger partial charge is 0.480 e. The van der Waals surface area contributed by atoms with Crippen molar-refractivity contribution in [1.29, 1.82) is 0 Å². The second-order valence-electron chi connectivity index (χ2n) is 5.87. The van der Waals surface area contributed by atoms with Gasteiger partial charge in [0, 0.05) is 31.5 Å². The number of benzene rings is 1. The Hall–Kier alpha value is -1.46. The lowest BCUT2D eigenvalue weighted by molar-refractivity contribution is -0.148. The monoisotopic (exact) mass is 281 g/mol. The van der Waals surface area contributed by atoms with Crippen molar-refractivity contribution < 1.29 is 19.4 Å². The van der Waals surface area contributed by atoms with Crippen LogP contribution in [0.4, 0.5) is 4.39 Å². The number of likely N-dealkylation sites (tertiary alicyclic amines) is 1. The van der Waals surface area contributed by atoms with Gasteiger partial charge in [0.25, 0.3) is 0 Å². The lowest BCUT2D eigenvalue weighted by Gasteiger charge is -2.31. The van der Waals surface area contributed by atoms with Gasteiger partial charge in [-0.1, -0.05) is 12.1 Å². The highest BCUT2D eigenvalue weighted by Crippen LogP contribution is 2.36. The van der Waals surface area contributed by atoms with Gasteiger partial charge in [-0.25, -0.2) is 4.39 Å². The van der Waals surface area contributed by atoms with Crippen LogP contribution in [0.2, 0.25) is 0 Å². The van der Waals surface area contributed by atoms with Gasteiger partial charge in [0.05, 0.1) is 0 Å². The molecule has 5 heteroatoms. The number of hydrogen-bond acceptors (Lipinski definition) is 3. The number of halogens is 1. The molecule has 1 aliphatic heterocycles. The van der Waals surface area contributed by atoms with Crippen LogP contribution in [-0.4, -0.2) is 46.3 Å². The molecule has 1 heterocycles. The second kappa shape index (κ2) is 5.50. The molecule has 110 valence electrons. The molecule has 0 aromatic heterocycles. The van der Waals surface area contributed by atoms with E-state index in [1.54, 1.807) is 19.9 Å². The van der Waals surface area contributed by atoms with Gasteiger partial charge >= 0.3 is 5.97 Å². The predicted octanol–water partition coefficient (Wildman–Crippen LogP) is 1.70. The molecule has 1 fully saturated rings. The molecule has 0 amide bonds. The third-order valence-electron chi connectivity index (χ3n) is 4.27. The molecule has 2 unspecified atom stereocenters. The van der Waals surface area contributed by atoms with Crippen LogP contribution in [0, 0.1) is 11.7 Å². The van der Waals surface area contributed by atoms with E-state index < -0.39 is 11.5 Å². The fraction of sp³-hybridized carbons (Fsp3) is 0.533. The van der Waals surface area contributed by atoms with Crippen molar-refractivity contribution in [2.24, 2.45) is 5.92 Å². The lowest BCUT2D eigenvalue weighted by Crippen LogP contribution is -2.49. The van der Waals surface area contributed by atoms with Crippen LogP contribution < -0.4 is 0 Å². The first-order valence-electron chi connectivity index (χ1n) is 6.71. The molecule has 1 aromatic carbocycles. The van der Waals surface area contributed by atoms with E-state index in [0.29, 0.717) is 13.1 Å². The highest BCUT2D eigenvalue weighted by molar-refractivity contribution is 5.77. The van der Waals surface area contributed by atoms with Crippen molar-refractivity contribution in [2.75, 3.05) is 19.7 Å². The van der Waals surface area contributed by atoms with Crippen molar-refractivity contribution in [3.63, 3.8) is 0 Å². The normalized spacial score (nSPS) is 24.0. The minimum Gasteiger partial charge on any atom is -0.480 e. The predicted molar refractivity (Wildman–Crippen MR) is 73.0 cm³/mol. The Kier molecular flexibility index (Phi) is 4.11. The fourth-order valence-corrected chi connectivity index (χ4v) is 2.76. The van der Waals surface area contributed by atoms with Gasteiger partial charge in [-0.3, -0.25) is 9.69 Å². The number of rotatable bonds is 4. The Morgan fingerprint density at radius 3 is 2.70 bits per heavy atom. The smallest absolute Gasteiger partial charge is 0.323 e. The van der Waals surface area contributed by atoms with Gasteiger partial charge in [-0.05, 0) is 31.5 Å². The van der Waals surface area contributed by atoms with Gasteiger partial charge in [-0.2, -0.15) is 0 Å². The van der Waals surface area contributed by atoms with E-state index in [1.807, 2.05) is 11.0 Å². The number of carbonyl (C=O) groups is 1. The van der Waals surface area contributed by atoms with E-state index in [9.17, 15) is 19.4 Å². The van der Waals surface area contributed by atoms with Gasteiger partial charge < -0.3 is 10.2 Å². The first kappa shape index (κ1) is 14.9. The summed E-state index contributed by atoms with van der Waals surface area (Å²) in [4.78, 5) is 13.2. The quantitative estimate of drug-likeness (QED) is 0.882. The van der Waals surface area contributed by atoms with E-state index in [4.69, 9.17) is 0 Å². The zero-order chi connectivity index (χ0) is 14.9. The van der Waals surface area contributed by atoms with Gasteiger partial charge in [0.15, 0.2) is 0 Å². The fourth-order valence-electron chi connectivity index (χ4n) is 2.76. The molecule has 2 atom stereocenters. The van der Waals surface area contributed by atoms with Gasteiger partial charge in [0.1, 0.15) is 11.4 Å². The van der Waals surface area contributed by atoms with Crippen LogP contribution in [0.1, 0.15) is 25.3 Å². The third kappa shape index (κ3) is 2.69. The molecule has 20 heavy (non-hydrogen) atoms. The van der Waals surface area contributed by atoms with E-state index in [1.165, 1.54) is 12.1 Å². The maximum Gasteiger partial charge on any atom is 0.323 e. The molecule has 2 rings (SSSR count). The summed E-state index contributed by atoms with van der Waals surface area (Å²) in [7, 11) is 0. The minimum absolute atomic E-state index is 0.0343. The molecule has 0 saturated carbocycles. The second-order valence-corrected chi connectivity index (χ2v) is 5.87. The van der Waals surface area contributed by atoms with Crippen molar-refractivity contribution >= 4 is 5.97 Å². The number of hydrogen-bond donors (Lipinski definition) is 2. The van der Waals surface area contributed by atoms with Crippen LogP contribution >= 0.6 is 0 Å². The Balaban J connectivity index is 2.25. The summed E-state index contributed by atoms with van der Waals surface area (Å²) in [6, 6.07) is 6.31. The molecule has 1 saturated heterocycles. The molecular formula is C15H20FNO3. The topological polar surface area (TPSA) is 60.8 Å².